The molecular weight excluding hydrogens is 366 g/mol. The molecule has 1 aliphatic carbocycles. The van der Waals surface area contributed by atoms with E-state index in [1.165, 1.54) is 45.3 Å². The number of anilines is 1. The Morgan fingerprint density at radius 1 is 1.10 bits per heavy atom. The maximum absolute atomic E-state index is 12.4. The van der Waals surface area contributed by atoms with Crippen molar-refractivity contribution in [2.24, 2.45) is 11.8 Å². The molecule has 160 valence electrons. The lowest BCUT2D eigenvalue weighted by Gasteiger charge is -2.38. The van der Waals surface area contributed by atoms with Gasteiger partial charge in [0, 0.05) is 26.2 Å². The summed E-state index contributed by atoms with van der Waals surface area (Å²) in [6, 6.07) is 3.97. The van der Waals surface area contributed by atoms with Gasteiger partial charge in [0.2, 0.25) is 5.91 Å². The van der Waals surface area contributed by atoms with Crippen molar-refractivity contribution < 1.29 is 9.53 Å². The molecular formula is C22H35N5O2. The lowest BCUT2D eigenvalue weighted by Crippen LogP contribution is -2.51. The summed E-state index contributed by atoms with van der Waals surface area (Å²) < 4.78 is 5.75. The first-order valence-corrected chi connectivity index (χ1v) is 11.3. The Morgan fingerprint density at radius 3 is 2.52 bits per heavy atom. The van der Waals surface area contributed by atoms with Gasteiger partial charge in [-0.25, -0.2) is 0 Å². The minimum Gasteiger partial charge on any atom is -0.366 e. The number of amides is 1. The van der Waals surface area contributed by atoms with Gasteiger partial charge < -0.3 is 19.9 Å². The second-order valence-electron chi connectivity index (χ2n) is 9.30. The molecule has 3 heterocycles. The van der Waals surface area contributed by atoms with E-state index in [9.17, 15) is 4.79 Å². The summed E-state index contributed by atoms with van der Waals surface area (Å²) in [7, 11) is 0. The Kier molecular flexibility index (Phi) is 6.65. The van der Waals surface area contributed by atoms with Crippen LogP contribution in [0, 0.1) is 11.8 Å². The zero-order chi connectivity index (χ0) is 20.2. The Labute approximate surface area is 174 Å². The van der Waals surface area contributed by atoms with Crippen LogP contribution in [0.25, 0.3) is 0 Å². The number of hydrogen-bond donors (Lipinski definition) is 1. The minimum absolute atomic E-state index is 0.00534. The quantitative estimate of drug-likeness (QED) is 0.721. The number of likely N-dealkylation sites (tertiary alicyclic amines) is 1. The zero-order valence-electron chi connectivity index (χ0n) is 17.8. The summed E-state index contributed by atoms with van der Waals surface area (Å²) in [4.78, 5) is 17.0. The first kappa shape index (κ1) is 20.5. The van der Waals surface area contributed by atoms with Gasteiger partial charge in [-0.2, -0.15) is 5.10 Å². The van der Waals surface area contributed by atoms with Gasteiger partial charge in [-0.15, -0.1) is 5.10 Å². The minimum atomic E-state index is -0.00534. The van der Waals surface area contributed by atoms with E-state index in [4.69, 9.17) is 4.74 Å². The highest BCUT2D eigenvalue weighted by Crippen LogP contribution is 2.31. The summed E-state index contributed by atoms with van der Waals surface area (Å²) in [5.74, 6) is 2.84. The van der Waals surface area contributed by atoms with Crippen LogP contribution in [-0.4, -0.2) is 77.9 Å². The summed E-state index contributed by atoms with van der Waals surface area (Å²) in [6.45, 7) is 10.2. The molecule has 0 aromatic carbocycles. The summed E-state index contributed by atoms with van der Waals surface area (Å²) in [5.41, 5.74) is 0.990. The normalized spacial score (nSPS) is 24.3. The van der Waals surface area contributed by atoms with Crippen molar-refractivity contribution in [2.45, 2.75) is 51.6 Å². The Bertz CT molecular complexity index is 668. The van der Waals surface area contributed by atoms with Gasteiger partial charge in [0.1, 0.15) is 12.4 Å². The average Bonchev–Trinajstić information content (AvgIpc) is 3.54. The average molecular weight is 402 g/mol. The van der Waals surface area contributed by atoms with Crippen LogP contribution in [-0.2, 0) is 9.53 Å². The number of nitrogens with one attached hydrogen (secondary N) is 1. The fourth-order valence-electron chi connectivity index (χ4n) is 4.27. The molecule has 1 saturated carbocycles. The van der Waals surface area contributed by atoms with E-state index in [1.807, 2.05) is 17.0 Å². The van der Waals surface area contributed by atoms with Crippen LogP contribution in [0.3, 0.4) is 0 Å². The molecule has 1 aromatic rings. The van der Waals surface area contributed by atoms with Gasteiger partial charge in [0.05, 0.1) is 11.8 Å². The van der Waals surface area contributed by atoms with E-state index in [0.29, 0.717) is 24.9 Å². The van der Waals surface area contributed by atoms with Crippen LogP contribution in [0.4, 0.5) is 5.82 Å². The molecule has 1 atom stereocenters. The van der Waals surface area contributed by atoms with Crippen LogP contribution in [0.5, 0.6) is 0 Å². The maximum atomic E-state index is 12.4. The van der Waals surface area contributed by atoms with Gasteiger partial charge in [0.25, 0.3) is 0 Å². The van der Waals surface area contributed by atoms with E-state index < -0.39 is 0 Å². The maximum Gasteiger partial charge on any atom is 0.248 e. The molecule has 1 N–H and O–H groups in total. The predicted molar refractivity (Wildman–Crippen MR) is 113 cm³/mol. The SMILES string of the molecule is CC(C)c1ccc(NCC2CN(CC3CCN(CC4CC4)CC3)C(=O)CO2)nn1. The van der Waals surface area contributed by atoms with Crippen molar-refractivity contribution in [2.75, 3.05) is 51.2 Å². The number of aromatic nitrogens is 2. The predicted octanol–water partition coefficient (Wildman–Crippen LogP) is 2.36. The van der Waals surface area contributed by atoms with Gasteiger partial charge in [-0.05, 0) is 68.7 Å². The Balaban J connectivity index is 1.21. The van der Waals surface area contributed by atoms with Gasteiger partial charge in [0.15, 0.2) is 0 Å². The molecule has 0 radical (unpaired) electrons. The third-order valence-electron chi connectivity index (χ3n) is 6.41. The van der Waals surface area contributed by atoms with Crippen LogP contribution in [0.2, 0.25) is 0 Å². The molecule has 7 heteroatoms. The highest BCUT2D eigenvalue weighted by Gasteiger charge is 2.31. The Morgan fingerprint density at radius 2 is 1.86 bits per heavy atom. The zero-order valence-corrected chi connectivity index (χ0v) is 17.8. The molecule has 0 spiro atoms. The first-order valence-electron chi connectivity index (χ1n) is 11.3. The third-order valence-corrected chi connectivity index (χ3v) is 6.41. The molecule has 2 saturated heterocycles. The Hall–Kier alpha value is -1.73. The van der Waals surface area contributed by atoms with E-state index >= 15 is 0 Å². The molecule has 3 aliphatic rings. The molecule has 7 nitrogen and oxygen atoms in total. The smallest absolute Gasteiger partial charge is 0.248 e. The van der Waals surface area contributed by atoms with Gasteiger partial charge >= 0.3 is 0 Å². The molecule has 1 amide bonds. The summed E-state index contributed by atoms with van der Waals surface area (Å²) in [6.07, 6.45) is 5.25. The lowest BCUT2D eigenvalue weighted by molar-refractivity contribution is -0.149. The van der Waals surface area contributed by atoms with Crippen molar-refractivity contribution in [1.29, 1.82) is 0 Å². The second kappa shape index (κ2) is 9.39. The number of rotatable bonds is 8. The number of morpholine rings is 1. The highest BCUT2D eigenvalue weighted by molar-refractivity contribution is 5.78. The second-order valence-corrected chi connectivity index (χ2v) is 9.30. The van der Waals surface area contributed by atoms with Crippen LogP contribution in [0.1, 0.15) is 51.1 Å². The molecule has 0 bridgehead atoms. The van der Waals surface area contributed by atoms with E-state index in [1.54, 1.807) is 0 Å². The molecule has 29 heavy (non-hydrogen) atoms. The number of carbonyl (C=O) groups is 1. The number of hydrogen-bond acceptors (Lipinski definition) is 6. The highest BCUT2D eigenvalue weighted by atomic mass is 16.5. The molecule has 3 fully saturated rings. The summed E-state index contributed by atoms with van der Waals surface area (Å²) in [5, 5.41) is 11.8. The molecule has 4 rings (SSSR count). The van der Waals surface area contributed by atoms with Crippen LogP contribution in [0.15, 0.2) is 12.1 Å². The van der Waals surface area contributed by atoms with Gasteiger partial charge in [-0.3, -0.25) is 4.79 Å². The van der Waals surface area contributed by atoms with Crippen molar-refractivity contribution in [3.05, 3.63) is 17.8 Å². The fraction of sp³-hybridized carbons (Fsp3) is 0.773. The van der Waals surface area contributed by atoms with E-state index in [2.05, 4.69) is 34.3 Å². The molecule has 1 unspecified atom stereocenters. The topological polar surface area (TPSA) is 70.6 Å². The largest absolute Gasteiger partial charge is 0.366 e. The monoisotopic (exact) mass is 401 g/mol. The number of carbonyl (C=O) groups excluding carboxylic acids is 1. The van der Waals surface area contributed by atoms with Crippen molar-refractivity contribution in [3.63, 3.8) is 0 Å². The number of nitrogens with zero attached hydrogens (tertiary/aromatic N) is 4. The van der Waals surface area contributed by atoms with Crippen LogP contribution >= 0.6 is 0 Å². The van der Waals surface area contributed by atoms with Crippen LogP contribution < -0.4 is 5.32 Å². The third kappa shape index (κ3) is 5.89. The van der Waals surface area contributed by atoms with Gasteiger partial charge in [-0.1, -0.05) is 13.8 Å². The van der Waals surface area contributed by atoms with E-state index in [0.717, 1.165) is 24.0 Å². The first-order chi connectivity index (χ1) is 14.1. The summed E-state index contributed by atoms with van der Waals surface area (Å²) >= 11 is 0. The van der Waals surface area contributed by atoms with Crippen molar-refractivity contribution in [1.82, 2.24) is 20.0 Å². The van der Waals surface area contributed by atoms with Crippen molar-refractivity contribution in [3.8, 4) is 0 Å². The number of piperidine rings is 1. The molecule has 2 aliphatic heterocycles. The van der Waals surface area contributed by atoms with Crippen molar-refractivity contribution >= 4 is 11.7 Å². The lowest BCUT2D eigenvalue weighted by atomic mass is 9.95. The fourth-order valence-corrected chi connectivity index (χ4v) is 4.27. The molecule has 1 aromatic heterocycles. The number of ether oxygens (including phenoxy) is 1. The van der Waals surface area contributed by atoms with E-state index in [-0.39, 0.29) is 18.6 Å². The standard InChI is InChI=1S/C22H35N5O2/c1-16(2)20-5-6-21(25-24-20)23-11-19-14-27(22(28)15-29-19)13-18-7-9-26(10-8-18)12-17-3-4-17/h5-6,16-19H,3-4,7-15H2,1-2H3,(H,23,25).